The van der Waals surface area contributed by atoms with Gasteiger partial charge in [-0.1, -0.05) is 70.6 Å². The zero-order valence-corrected chi connectivity index (χ0v) is 12.8. The van der Waals surface area contributed by atoms with Crippen molar-refractivity contribution in [2.45, 2.75) is 78.1 Å². The van der Waals surface area contributed by atoms with Crippen LogP contribution in [0.5, 0.6) is 0 Å². The summed E-state index contributed by atoms with van der Waals surface area (Å²) < 4.78 is 0. The average molecular weight is 265 g/mol. The van der Waals surface area contributed by atoms with Gasteiger partial charge in [0.05, 0.1) is 0 Å². The fourth-order valence-corrected chi connectivity index (χ4v) is 1.97. The van der Waals surface area contributed by atoms with Crippen LogP contribution < -0.4 is 5.73 Å². The molecule has 0 fully saturated rings. The first-order chi connectivity index (χ1) is 9.22. The molecule has 0 aliphatic carbocycles. The Kier molecular flexibility index (Phi) is 12.6. The maximum absolute atomic E-state index is 11.2. The van der Waals surface area contributed by atoms with Crippen molar-refractivity contribution < 1.29 is 4.79 Å². The SMILES string of the molecule is CCCC=C(CC=CCCCCCCCC)C(N)=O. The van der Waals surface area contributed by atoms with Crippen molar-refractivity contribution in [2.24, 2.45) is 5.73 Å². The van der Waals surface area contributed by atoms with Crippen molar-refractivity contribution in [3.8, 4) is 0 Å². The summed E-state index contributed by atoms with van der Waals surface area (Å²) in [6.45, 7) is 4.34. The summed E-state index contributed by atoms with van der Waals surface area (Å²) in [5, 5.41) is 0. The molecule has 0 aromatic rings. The number of allylic oxidation sites excluding steroid dienone is 3. The molecule has 0 aromatic heterocycles. The zero-order valence-electron chi connectivity index (χ0n) is 12.8. The van der Waals surface area contributed by atoms with Crippen LogP contribution >= 0.6 is 0 Å². The number of carbonyl (C=O) groups excluding carboxylic acids is 1. The van der Waals surface area contributed by atoms with E-state index in [0.717, 1.165) is 24.8 Å². The first-order valence-corrected chi connectivity index (χ1v) is 7.86. The van der Waals surface area contributed by atoms with Gasteiger partial charge < -0.3 is 5.73 Å². The second-order valence-corrected chi connectivity index (χ2v) is 5.11. The van der Waals surface area contributed by atoms with Gasteiger partial charge in [-0.25, -0.2) is 0 Å². The predicted octanol–water partition coefficient (Wildman–Crippen LogP) is 4.90. The third-order valence-electron chi connectivity index (χ3n) is 3.22. The Bertz CT molecular complexity index is 279. The molecule has 0 atom stereocenters. The Balaban J connectivity index is 3.67. The van der Waals surface area contributed by atoms with Gasteiger partial charge in [0, 0.05) is 5.57 Å². The van der Waals surface area contributed by atoms with Crippen LogP contribution in [-0.4, -0.2) is 5.91 Å². The fourth-order valence-electron chi connectivity index (χ4n) is 1.97. The molecule has 0 aliphatic rings. The summed E-state index contributed by atoms with van der Waals surface area (Å²) >= 11 is 0. The van der Waals surface area contributed by atoms with Crippen LogP contribution in [0, 0.1) is 0 Å². The molecule has 2 heteroatoms. The van der Waals surface area contributed by atoms with E-state index in [1.807, 2.05) is 6.08 Å². The fraction of sp³-hybridized carbons (Fsp3) is 0.706. The maximum Gasteiger partial charge on any atom is 0.244 e. The van der Waals surface area contributed by atoms with Gasteiger partial charge in [-0.05, 0) is 25.7 Å². The van der Waals surface area contributed by atoms with E-state index < -0.39 is 0 Å². The molecule has 0 unspecified atom stereocenters. The standard InChI is InChI=1S/C17H31NO/c1-3-5-7-8-9-10-11-12-13-15-16(17(18)19)14-6-4-2/h12-14H,3-11,15H2,1-2H3,(H2,18,19). The molecule has 0 saturated heterocycles. The van der Waals surface area contributed by atoms with Crippen molar-refractivity contribution in [3.05, 3.63) is 23.8 Å². The van der Waals surface area contributed by atoms with Gasteiger partial charge in [0.1, 0.15) is 0 Å². The molecule has 0 heterocycles. The minimum atomic E-state index is -0.280. The molecule has 0 bridgehead atoms. The molecule has 2 nitrogen and oxygen atoms in total. The molecule has 0 aromatic carbocycles. The molecule has 110 valence electrons. The third kappa shape index (κ3) is 11.8. The Morgan fingerprint density at radius 2 is 1.58 bits per heavy atom. The second kappa shape index (κ2) is 13.4. The smallest absolute Gasteiger partial charge is 0.244 e. The number of amides is 1. The topological polar surface area (TPSA) is 43.1 Å². The molecule has 0 rings (SSSR count). The maximum atomic E-state index is 11.2. The van der Waals surface area contributed by atoms with Crippen LogP contribution in [0.2, 0.25) is 0 Å². The van der Waals surface area contributed by atoms with E-state index in [1.165, 1.54) is 38.5 Å². The van der Waals surface area contributed by atoms with Crippen LogP contribution in [0.3, 0.4) is 0 Å². The van der Waals surface area contributed by atoms with Crippen LogP contribution in [0.1, 0.15) is 78.1 Å². The van der Waals surface area contributed by atoms with Crippen molar-refractivity contribution in [3.63, 3.8) is 0 Å². The number of unbranched alkanes of at least 4 members (excludes halogenated alkanes) is 7. The third-order valence-corrected chi connectivity index (χ3v) is 3.22. The summed E-state index contributed by atoms with van der Waals surface area (Å²) in [6.07, 6.45) is 18.0. The van der Waals surface area contributed by atoms with Gasteiger partial charge in [-0.3, -0.25) is 4.79 Å². The van der Waals surface area contributed by atoms with Crippen molar-refractivity contribution >= 4 is 5.91 Å². The monoisotopic (exact) mass is 265 g/mol. The normalized spacial score (nSPS) is 12.2. The van der Waals surface area contributed by atoms with Crippen molar-refractivity contribution in [1.82, 2.24) is 0 Å². The molecule has 0 spiro atoms. The molecule has 19 heavy (non-hydrogen) atoms. The van der Waals surface area contributed by atoms with Gasteiger partial charge in [0.25, 0.3) is 0 Å². The summed E-state index contributed by atoms with van der Waals surface area (Å²) in [5.41, 5.74) is 6.10. The first kappa shape index (κ1) is 17.9. The lowest BCUT2D eigenvalue weighted by atomic mass is 10.1. The highest BCUT2D eigenvalue weighted by Crippen LogP contribution is 2.09. The molecule has 2 N–H and O–H groups in total. The first-order valence-electron chi connectivity index (χ1n) is 7.86. The highest BCUT2D eigenvalue weighted by molar-refractivity contribution is 5.92. The van der Waals surface area contributed by atoms with Gasteiger partial charge in [-0.15, -0.1) is 0 Å². The summed E-state index contributed by atoms with van der Waals surface area (Å²) in [5.74, 6) is -0.280. The lowest BCUT2D eigenvalue weighted by Gasteiger charge is -2.00. The molecular weight excluding hydrogens is 234 g/mol. The molecule has 0 radical (unpaired) electrons. The van der Waals surface area contributed by atoms with E-state index >= 15 is 0 Å². The Labute approximate surface area is 119 Å². The largest absolute Gasteiger partial charge is 0.366 e. The number of carbonyl (C=O) groups is 1. The summed E-state index contributed by atoms with van der Waals surface area (Å²) in [6, 6.07) is 0. The van der Waals surface area contributed by atoms with Crippen molar-refractivity contribution in [1.29, 1.82) is 0 Å². The lowest BCUT2D eigenvalue weighted by Crippen LogP contribution is -2.13. The quantitative estimate of drug-likeness (QED) is 0.304. The summed E-state index contributed by atoms with van der Waals surface area (Å²) in [4.78, 5) is 11.2. The minimum absolute atomic E-state index is 0.280. The number of rotatable bonds is 12. The molecule has 0 aliphatic heterocycles. The average Bonchev–Trinajstić information content (AvgIpc) is 2.39. The van der Waals surface area contributed by atoms with Crippen LogP contribution in [0.4, 0.5) is 0 Å². The van der Waals surface area contributed by atoms with Crippen LogP contribution in [-0.2, 0) is 4.79 Å². The molecule has 0 saturated carbocycles. The highest BCUT2D eigenvalue weighted by atomic mass is 16.1. The molecular formula is C17H31NO. The second-order valence-electron chi connectivity index (χ2n) is 5.11. The highest BCUT2D eigenvalue weighted by Gasteiger charge is 2.00. The van der Waals surface area contributed by atoms with Gasteiger partial charge in [0.2, 0.25) is 5.91 Å². The number of hydrogen-bond acceptors (Lipinski definition) is 1. The lowest BCUT2D eigenvalue weighted by molar-refractivity contribution is -0.114. The Morgan fingerprint density at radius 3 is 2.21 bits per heavy atom. The number of primary amides is 1. The predicted molar refractivity (Wildman–Crippen MR) is 83.9 cm³/mol. The van der Waals surface area contributed by atoms with Gasteiger partial charge in [0.15, 0.2) is 0 Å². The number of nitrogens with two attached hydrogens (primary N) is 1. The Morgan fingerprint density at radius 1 is 0.895 bits per heavy atom. The minimum Gasteiger partial charge on any atom is -0.366 e. The van der Waals surface area contributed by atoms with Crippen LogP contribution in [0.15, 0.2) is 23.8 Å². The van der Waals surface area contributed by atoms with Crippen molar-refractivity contribution in [2.75, 3.05) is 0 Å². The van der Waals surface area contributed by atoms with E-state index in [0.29, 0.717) is 6.42 Å². The molecule has 1 amide bonds. The number of hydrogen-bond donors (Lipinski definition) is 1. The van der Waals surface area contributed by atoms with Gasteiger partial charge in [-0.2, -0.15) is 0 Å². The van der Waals surface area contributed by atoms with E-state index in [9.17, 15) is 4.79 Å². The van der Waals surface area contributed by atoms with E-state index in [4.69, 9.17) is 5.73 Å². The van der Waals surface area contributed by atoms with Gasteiger partial charge >= 0.3 is 0 Å². The van der Waals surface area contributed by atoms with Crippen LogP contribution in [0.25, 0.3) is 0 Å². The van der Waals surface area contributed by atoms with E-state index in [2.05, 4.69) is 26.0 Å². The van der Waals surface area contributed by atoms with E-state index in [1.54, 1.807) is 0 Å². The van der Waals surface area contributed by atoms with E-state index in [-0.39, 0.29) is 5.91 Å². The Hall–Kier alpha value is -1.05. The zero-order chi connectivity index (χ0) is 14.3. The summed E-state index contributed by atoms with van der Waals surface area (Å²) in [7, 11) is 0.